The Kier molecular flexibility index (Phi) is 6.38. The number of nitro groups is 1. The summed E-state index contributed by atoms with van der Waals surface area (Å²) in [5.41, 5.74) is 1.42. The number of nitrogens with zero attached hydrogens (tertiary/aromatic N) is 7. The molecule has 0 bridgehead atoms. The van der Waals surface area contributed by atoms with Crippen molar-refractivity contribution in [2.75, 3.05) is 37.6 Å². The van der Waals surface area contributed by atoms with Gasteiger partial charge in [-0.15, -0.1) is 16.8 Å². The highest BCUT2D eigenvalue weighted by Gasteiger charge is 2.26. The molecule has 1 N–H and O–H groups in total. The van der Waals surface area contributed by atoms with Gasteiger partial charge in [0.15, 0.2) is 11.5 Å². The van der Waals surface area contributed by atoms with Gasteiger partial charge >= 0.3 is 6.03 Å². The maximum absolute atomic E-state index is 12.5. The molecule has 0 atom stereocenters. The molecule has 11 nitrogen and oxygen atoms in total. The highest BCUT2D eigenvalue weighted by molar-refractivity contribution is 6.31. The van der Waals surface area contributed by atoms with Crippen LogP contribution in [0.1, 0.15) is 6.42 Å². The summed E-state index contributed by atoms with van der Waals surface area (Å²) in [6, 6.07) is 11.6. The van der Waals surface area contributed by atoms with Crippen LogP contribution in [0.15, 0.2) is 55.1 Å². The van der Waals surface area contributed by atoms with E-state index in [4.69, 9.17) is 16.6 Å². The van der Waals surface area contributed by atoms with Crippen LogP contribution in [0.25, 0.3) is 27.9 Å². The lowest BCUT2D eigenvalue weighted by molar-refractivity contribution is -0.384. The minimum atomic E-state index is -0.435. The van der Waals surface area contributed by atoms with Crippen molar-refractivity contribution >= 4 is 45.8 Å². The van der Waals surface area contributed by atoms with Crippen LogP contribution in [0, 0.1) is 10.1 Å². The summed E-state index contributed by atoms with van der Waals surface area (Å²) in [6.07, 6.45) is 2.35. The van der Waals surface area contributed by atoms with Gasteiger partial charge in [0.05, 0.1) is 16.0 Å². The first-order chi connectivity index (χ1) is 17.5. The molecule has 184 valence electrons. The molecule has 1 aliphatic heterocycles. The summed E-state index contributed by atoms with van der Waals surface area (Å²) in [5.74, 6) is 0.854. The molecule has 0 spiro atoms. The molecule has 1 fully saturated rings. The molecule has 5 rings (SSSR count). The third kappa shape index (κ3) is 4.29. The number of hydrogen-bond donors (Lipinski definition) is 1. The summed E-state index contributed by atoms with van der Waals surface area (Å²) in [7, 11) is 0. The number of carbonyl (C=O) groups excluding carboxylic acids is 1. The van der Waals surface area contributed by atoms with Gasteiger partial charge in [0.1, 0.15) is 0 Å². The summed E-state index contributed by atoms with van der Waals surface area (Å²) in [4.78, 5) is 32.6. The zero-order chi connectivity index (χ0) is 25.2. The minimum Gasteiger partial charge on any atom is -0.340 e. The van der Waals surface area contributed by atoms with E-state index >= 15 is 0 Å². The summed E-state index contributed by atoms with van der Waals surface area (Å²) in [6.45, 7) is 6.22. The number of carbonyl (C=O) groups is 1. The predicted octanol–water partition coefficient (Wildman–Crippen LogP) is 3.91. The lowest BCUT2D eigenvalue weighted by Gasteiger charge is -2.24. The van der Waals surface area contributed by atoms with Crippen LogP contribution in [0.5, 0.6) is 0 Å². The number of para-hydroxylation sites is 1. The molecule has 0 saturated carbocycles. The molecule has 1 aliphatic rings. The van der Waals surface area contributed by atoms with Gasteiger partial charge in [0, 0.05) is 49.2 Å². The maximum Gasteiger partial charge on any atom is 0.317 e. The number of nitrogens with one attached hydrogen (secondary N) is 1. The van der Waals surface area contributed by atoms with Gasteiger partial charge in [-0.1, -0.05) is 29.8 Å². The number of hydrogen-bond acceptors (Lipinski definition) is 7. The second-order valence-corrected chi connectivity index (χ2v) is 8.77. The van der Waals surface area contributed by atoms with Crippen LogP contribution in [-0.4, -0.2) is 68.2 Å². The number of halogens is 1. The first kappa shape index (κ1) is 23.5. The Balaban J connectivity index is 1.64. The number of rotatable bonds is 5. The van der Waals surface area contributed by atoms with Crippen LogP contribution in [0.3, 0.4) is 0 Å². The molecule has 4 aromatic rings. The van der Waals surface area contributed by atoms with E-state index in [1.807, 2.05) is 6.07 Å². The summed E-state index contributed by atoms with van der Waals surface area (Å²) >= 11 is 6.26. The minimum absolute atomic E-state index is 0.0742. The van der Waals surface area contributed by atoms with Crippen LogP contribution in [-0.2, 0) is 0 Å². The first-order valence-corrected chi connectivity index (χ1v) is 11.8. The Morgan fingerprint density at radius 1 is 1.17 bits per heavy atom. The van der Waals surface area contributed by atoms with Crippen molar-refractivity contribution in [2.45, 2.75) is 6.42 Å². The van der Waals surface area contributed by atoms with Gasteiger partial charge in [-0.05, 0) is 30.7 Å². The second-order valence-electron chi connectivity index (χ2n) is 8.33. The molecule has 36 heavy (non-hydrogen) atoms. The normalized spacial score (nSPS) is 14.1. The molecular weight excluding hydrogens is 484 g/mol. The van der Waals surface area contributed by atoms with Gasteiger partial charge in [0.25, 0.3) is 5.69 Å². The average Bonchev–Trinajstić information content (AvgIpc) is 3.17. The lowest BCUT2D eigenvalue weighted by Crippen LogP contribution is -2.42. The van der Waals surface area contributed by atoms with E-state index < -0.39 is 4.92 Å². The van der Waals surface area contributed by atoms with E-state index in [9.17, 15) is 14.9 Å². The van der Waals surface area contributed by atoms with E-state index in [0.29, 0.717) is 72.7 Å². The summed E-state index contributed by atoms with van der Waals surface area (Å²) in [5, 5.41) is 24.6. The highest BCUT2D eigenvalue weighted by atomic mass is 35.5. The largest absolute Gasteiger partial charge is 0.340 e. The number of aromatic nitrogens is 4. The average molecular weight is 507 g/mol. The second kappa shape index (κ2) is 9.78. The highest BCUT2D eigenvalue weighted by Crippen LogP contribution is 2.33. The molecular formula is C24H23ClN8O3. The fraction of sp³-hybridized carbons (Fsp3) is 0.250. The summed E-state index contributed by atoms with van der Waals surface area (Å²) < 4.78 is 1.76. The van der Waals surface area contributed by atoms with Gasteiger partial charge in [-0.3, -0.25) is 10.1 Å². The standard InChI is InChI=1S/C24H23ClN8O3/c1-2-10-26-24(34)31-12-5-11-30(13-14-31)23-27-19-15-16(25)8-9-17(19)21-28-29-22(32(21)23)18-6-3-4-7-20(18)33(35)36/h2-4,6-9,15H,1,5,10-14H2,(H,26,34). The Morgan fingerprint density at radius 3 is 2.81 bits per heavy atom. The zero-order valence-electron chi connectivity index (χ0n) is 19.3. The fourth-order valence-electron chi connectivity index (χ4n) is 4.39. The number of urea groups is 1. The predicted molar refractivity (Wildman–Crippen MR) is 137 cm³/mol. The molecule has 1 saturated heterocycles. The van der Waals surface area contributed by atoms with Crippen molar-refractivity contribution in [3.05, 3.63) is 70.3 Å². The lowest BCUT2D eigenvalue weighted by atomic mass is 10.1. The first-order valence-electron chi connectivity index (χ1n) is 11.4. The number of benzene rings is 2. The molecule has 2 aromatic carbocycles. The number of amides is 2. The van der Waals surface area contributed by atoms with Crippen molar-refractivity contribution in [3.63, 3.8) is 0 Å². The molecule has 2 amide bonds. The van der Waals surface area contributed by atoms with Crippen molar-refractivity contribution in [1.82, 2.24) is 29.8 Å². The number of nitro benzene ring substituents is 1. The molecule has 3 heterocycles. The van der Waals surface area contributed by atoms with Gasteiger partial charge in [0.2, 0.25) is 5.95 Å². The van der Waals surface area contributed by atoms with E-state index in [2.05, 4.69) is 27.0 Å². The maximum atomic E-state index is 12.5. The van der Waals surface area contributed by atoms with E-state index in [1.165, 1.54) is 6.07 Å². The topological polar surface area (TPSA) is 122 Å². The Bertz CT molecular complexity index is 1490. The van der Waals surface area contributed by atoms with Gasteiger partial charge in [-0.2, -0.15) is 0 Å². The van der Waals surface area contributed by atoms with Crippen LogP contribution in [0.2, 0.25) is 5.02 Å². The third-order valence-corrected chi connectivity index (χ3v) is 6.32. The third-order valence-electron chi connectivity index (χ3n) is 6.09. The zero-order valence-corrected chi connectivity index (χ0v) is 20.1. The van der Waals surface area contributed by atoms with Crippen molar-refractivity contribution < 1.29 is 9.72 Å². The van der Waals surface area contributed by atoms with E-state index in [0.717, 1.165) is 5.39 Å². The van der Waals surface area contributed by atoms with Gasteiger partial charge in [-0.25, -0.2) is 14.2 Å². The van der Waals surface area contributed by atoms with Crippen LogP contribution in [0.4, 0.5) is 16.4 Å². The quantitative estimate of drug-likeness (QED) is 0.247. The monoisotopic (exact) mass is 506 g/mol. The molecule has 0 radical (unpaired) electrons. The van der Waals surface area contributed by atoms with Crippen molar-refractivity contribution in [2.24, 2.45) is 0 Å². The van der Waals surface area contributed by atoms with Crippen LogP contribution < -0.4 is 10.2 Å². The SMILES string of the molecule is C=CCNC(=O)N1CCCN(c2nc3cc(Cl)ccc3c3nnc(-c4ccccc4[N+](=O)[O-])n23)CC1. The van der Waals surface area contributed by atoms with Crippen LogP contribution >= 0.6 is 11.6 Å². The van der Waals surface area contributed by atoms with Crippen molar-refractivity contribution in [3.8, 4) is 11.4 Å². The Morgan fingerprint density at radius 2 is 2.00 bits per heavy atom. The molecule has 12 heteroatoms. The Labute approximate surface area is 211 Å². The van der Waals surface area contributed by atoms with Crippen molar-refractivity contribution in [1.29, 1.82) is 0 Å². The Hall–Kier alpha value is -4.25. The molecule has 2 aromatic heterocycles. The molecule has 0 unspecified atom stereocenters. The number of anilines is 1. The number of fused-ring (bicyclic) bond motifs is 3. The van der Waals surface area contributed by atoms with E-state index in [-0.39, 0.29) is 11.7 Å². The molecule has 0 aliphatic carbocycles. The smallest absolute Gasteiger partial charge is 0.317 e. The van der Waals surface area contributed by atoms with Gasteiger partial charge < -0.3 is 15.1 Å². The van der Waals surface area contributed by atoms with E-state index in [1.54, 1.807) is 45.7 Å². The fourth-order valence-corrected chi connectivity index (χ4v) is 4.56.